The Morgan fingerprint density at radius 2 is 1.78 bits per heavy atom. The van der Waals surface area contributed by atoms with Crippen molar-refractivity contribution in [2.24, 2.45) is 0 Å². The Morgan fingerprint density at radius 1 is 1.13 bits per heavy atom. The molecule has 0 saturated heterocycles. The van der Waals surface area contributed by atoms with Crippen molar-refractivity contribution in [3.8, 4) is 0 Å². The number of benzene rings is 2. The Balaban J connectivity index is 1.75. The van der Waals surface area contributed by atoms with E-state index in [-0.39, 0.29) is 19.1 Å². The van der Waals surface area contributed by atoms with Crippen LogP contribution in [-0.4, -0.2) is 24.0 Å². The topological polar surface area (TPSA) is 87.7 Å². The summed E-state index contributed by atoms with van der Waals surface area (Å²) in [4.78, 5) is 21.5. The molecule has 0 aromatic heterocycles. The molecule has 2 aromatic carbocycles. The van der Waals surface area contributed by atoms with E-state index >= 15 is 0 Å². The molecule has 0 spiro atoms. The molecule has 1 unspecified atom stereocenters. The summed E-state index contributed by atoms with van der Waals surface area (Å²) < 4.78 is 16.8. The van der Waals surface area contributed by atoms with E-state index < -0.39 is 7.75 Å². The summed E-state index contributed by atoms with van der Waals surface area (Å²) in [6.45, 7) is 1.99. The van der Waals surface area contributed by atoms with E-state index in [1.165, 1.54) is 0 Å². The summed E-state index contributed by atoms with van der Waals surface area (Å²) in [6, 6.07) is 15.7. The van der Waals surface area contributed by atoms with Gasteiger partial charge in [0.15, 0.2) is 0 Å². The van der Waals surface area contributed by atoms with Crippen molar-refractivity contribution < 1.29 is 18.8 Å². The minimum atomic E-state index is -3.95. The maximum atomic E-state index is 11.9. The quantitative estimate of drug-likeness (QED) is 0.535. The monoisotopic (exact) mass is 334 g/mol. The molecule has 0 heterocycles. The zero-order valence-corrected chi connectivity index (χ0v) is 13.6. The predicted molar refractivity (Wildman–Crippen MR) is 89.4 cm³/mol. The minimum absolute atomic E-state index is 0.0782. The molecule has 2 aromatic rings. The van der Waals surface area contributed by atoms with Gasteiger partial charge in [0.2, 0.25) is 0 Å². The van der Waals surface area contributed by atoms with Gasteiger partial charge in [0.25, 0.3) is 5.91 Å². The van der Waals surface area contributed by atoms with Gasteiger partial charge in [-0.2, -0.15) is 0 Å². The van der Waals surface area contributed by atoms with Crippen LogP contribution in [0.25, 0.3) is 0 Å². The second-order valence-electron chi connectivity index (χ2n) is 4.95. The first-order valence-electron chi connectivity index (χ1n) is 7.12. The molecule has 0 fully saturated rings. The van der Waals surface area contributed by atoms with Crippen LogP contribution in [0, 0.1) is 6.92 Å². The molecule has 23 heavy (non-hydrogen) atoms. The summed E-state index contributed by atoms with van der Waals surface area (Å²) in [7, 11) is -3.95. The highest BCUT2D eigenvalue weighted by molar-refractivity contribution is 7.54. The first kappa shape index (κ1) is 17.2. The fourth-order valence-electron chi connectivity index (χ4n) is 1.85. The second-order valence-corrected chi connectivity index (χ2v) is 6.48. The van der Waals surface area contributed by atoms with E-state index in [9.17, 15) is 14.3 Å². The average Bonchev–Trinajstić information content (AvgIpc) is 2.52. The van der Waals surface area contributed by atoms with Gasteiger partial charge < -0.3 is 10.2 Å². The fraction of sp³-hybridized carbons (Fsp3) is 0.188. The second kappa shape index (κ2) is 7.92. The molecular weight excluding hydrogens is 315 g/mol. The van der Waals surface area contributed by atoms with Crippen molar-refractivity contribution in [1.29, 1.82) is 0 Å². The fourth-order valence-corrected chi connectivity index (χ4v) is 2.73. The van der Waals surface area contributed by atoms with Crippen molar-refractivity contribution in [2.75, 3.05) is 18.2 Å². The lowest BCUT2D eigenvalue weighted by molar-refractivity contribution is 0.0945. The van der Waals surface area contributed by atoms with E-state index in [1.54, 1.807) is 42.5 Å². The Morgan fingerprint density at radius 3 is 2.43 bits per heavy atom. The molecule has 6 nitrogen and oxygen atoms in total. The van der Waals surface area contributed by atoms with Gasteiger partial charge in [-0.05, 0) is 31.2 Å². The number of para-hydroxylation sites is 1. The highest BCUT2D eigenvalue weighted by Crippen LogP contribution is 2.41. The highest BCUT2D eigenvalue weighted by Gasteiger charge is 2.18. The lowest BCUT2D eigenvalue weighted by atomic mass is 10.1. The smallest absolute Gasteiger partial charge is 0.350 e. The van der Waals surface area contributed by atoms with E-state index in [2.05, 4.69) is 10.4 Å². The minimum Gasteiger partial charge on any atom is -0.350 e. The zero-order chi connectivity index (χ0) is 16.7. The van der Waals surface area contributed by atoms with Crippen LogP contribution >= 0.6 is 7.75 Å². The number of amides is 1. The van der Waals surface area contributed by atoms with Gasteiger partial charge in [-0.1, -0.05) is 35.9 Å². The molecule has 0 saturated carbocycles. The van der Waals surface area contributed by atoms with Crippen molar-refractivity contribution in [3.63, 3.8) is 0 Å². The first-order chi connectivity index (χ1) is 11.0. The van der Waals surface area contributed by atoms with Crippen LogP contribution in [0.2, 0.25) is 0 Å². The molecule has 122 valence electrons. The molecule has 7 heteroatoms. The summed E-state index contributed by atoms with van der Waals surface area (Å²) >= 11 is 0. The van der Waals surface area contributed by atoms with Gasteiger partial charge in [0, 0.05) is 17.8 Å². The molecule has 0 bridgehead atoms. The van der Waals surface area contributed by atoms with Gasteiger partial charge in [-0.3, -0.25) is 14.4 Å². The number of hydrogen-bond donors (Lipinski definition) is 3. The molecule has 2 rings (SSSR count). The Kier molecular flexibility index (Phi) is 5.93. The molecule has 3 N–H and O–H groups in total. The van der Waals surface area contributed by atoms with E-state index in [0.717, 1.165) is 5.56 Å². The van der Waals surface area contributed by atoms with Crippen molar-refractivity contribution in [1.82, 2.24) is 5.32 Å². The van der Waals surface area contributed by atoms with Crippen molar-refractivity contribution in [2.45, 2.75) is 6.92 Å². The first-order valence-corrected chi connectivity index (χ1v) is 8.69. The van der Waals surface area contributed by atoms with Gasteiger partial charge in [-0.25, -0.2) is 4.57 Å². The molecule has 0 radical (unpaired) electrons. The van der Waals surface area contributed by atoms with Gasteiger partial charge in [0.05, 0.1) is 6.61 Å². The number of aryl methyl sites for hydroxylation is 1. The van der Waals surface area contributed by atoms with Crippen LogP contribution in [0.1, 0.15) is 15.9 Å². The number of carbonyl (C=O) groups is 1. The molecule has 0 aliphatic heterocycles. The highest BCUT2D eigenvalue weighted by atomic mass is 31.2. The van der Waals surface area contributed by atoms with Crippen molar-refractivity contribution in [3.05, 3.63) is 65.7 Å². The third-order valence-electron chi connectivity index (χ3n) is 3.01. The lowest BCUT2D eigenvalue weighted by Crippen LogP contribution is -2.27. The van der Waals surface area contributed by atoms with Gasteiger partial charge >= 0.3 is 7.75 Å². The van der Waals surface area contributed by atoms with Crippen LogP contribution in [0.5, 0.6) is 0 Å². The number of carbonyl (C=O) groups excluding carboxylic acids is 1. The summed E-state index contributed by atoms with van der Waals surface area (Å²) in [5.74, 6) is -0.252. The van der Waals surface area contributed by atoms with E-state index in [4.69, 9.17) is 4.52 Å². The van der Waals surface area contributed by atoms with Crippen LogP contribution in [0.3, 0.4) is 0 Å². The maximum absolute atomic E-state index is 11.9. The molecule has 1 atom stereocenters. The van der Waals surface area contributed by atoms with Gasteiger partial charge in [0.1, 0.15) is 0 Å². The van der Waals surface area contributed by atoms with Crippen LogP contribution in [-0.2, 0) is 9.09 Å². The maximum Gasteiger partial charge on any atom is 0.430 e. The van der Waals surface area contributed by atoms with Crippen LogP contribution in [0.4, 0.5) is 5.69 Å². The third kappa shape index (κ3) is 5.87. The summed E-state index contributed by atoms with van der Waals surface area (Å²) in [6.07, 6.45) is 0. The number of anilines is 1. The molecule has 0 aliphatic rings. The number of nitrogens with one attached hydrogen (secondary N) is 2. The molecular formula is C16H19N2O4P. The van der Waals surface area contributed by atoms with Gasteiger partial charge in [-0.15, -0.1) is 0 Å². The summed E-state index contributed by atoms with van der Waals surface area (Å²) in [5, 5.41) is 5.05. The Labute approximate surface area is 135 Å². The van der Waals surface area contributed by atoms with E-state index in [1.807, 2.05) is 19.1 Å². The summed E-state index contributed by atoms with van der Waals surface area (Å²) in [5.41, 5.74) is 2.09. The predicted octanol–water partition coefficient (Wildman–Crippen LogP) is 2.95. The normalized spacial score (nSPS) is 13.1. The zero-order valence-electron chi connectivity index (χ0n) is 12.7. The average molecular weight is 334 g/mol. The Bertz CT molecular complexity index is 689. The Hall–Kier alpha value is -2.14. The van der Waals surface area contributed by atoms with Crippen LogP contribution in [0.15, 0.2) is 54.6 Å². The number of rotatable bonds is 7. The van der Waals surface area contributed by atoms with E-state index in [0.29, 0.717) is 11.3 Å². The standard InChI is InChI=1S/C16H19N2O4P/c1-13-7-9-14(10-8-13)16(19)17-11-12-22-23(20,21)18-15-5-3-2-4-6-15/h2-10H,11-12H2,1H3,(H,17,19)(H2,18,20,21). The van der Waals surface area contributed by atoms with Crippen LogP contribution < -0.4 is 10.4 Å². The SMILES string of the molecule is Cc1ccc(C(=O)NCCOP(=O)(O)Nc2ccccc2)cc1. The van der Waals surface area contributed by atoms with Crippen molar-refractivity contribution >= 4 is 19.3 Å². The third-order valence-corrected chi connectivity index (χ3v) is 4.09. The largest absolute Gasteiger partial charge is 0.430 e. The molecule has 1 amide bonds. The lowest BCUT2D eigenvalue weighted by Gasteiger charge is -2.14. The molecule has 0 aliphatic carbocycles. The number of hydrogen-bond acceptors (Lipinski definition) is 3.